The largest absolute Gasteiger partial charge is 0.444 e. The van der Waals surface area contributed by atoms with Crippen LogP contribution in [-0.2, 0) is 9.53 Å². The standard InChI is InChI=1S/C21H32N6O4S/c1-21(2,3)31-20(30)26-15(19(29)27-10-11-32-12-27)13-4-6-14(7-5-13)25-18(28)16-17(22)24-9-8-23-16/h8-9,13-15H,4-7,10-12H2,1-3H3,(H2,22,24)(H,25,28)(H,26,30)/t13-,14-,15-/m0/s1. The van der Waals surface area contributed by atoms with E-state index in [4.69, 9.17) is 10.5 Å². The molecule has 1 saturated heterocycles. The molecular weight excluding hydrogens is 432 g/mol. The van der Waals surface area contributed by atoms with E-state index in [0.29, 0.717) is 38.1 Å². The van der Waals surface area contributed by atoms with Crippen LogP contribution in [0.3, 0.4) is 0 Å². The van der Waals surface area contributed by atoms with Crippen LogP contribution in [0.2, 0.25) is 0 Å². The Kier molecular flexibility index (Phi) is 7.81. The second-order valence-electron chi connectivity index (χ2n) is 9.14. The summed E-state index contributed by atoms with van der Waals surface area (Å²) in [6.45, 7) is 6.05. The number of carbonyl (C=O) groups excluding carboxylic acids is 3. The second kappa shape index (κ2) is 10.4. The normalized spacial score (nSPS) is 22.2. The van der Waals surface area contributed by atoms with Crippen molar-refractivity contribution >= 4 is 35.5 Å². The van der Waals surface area contributed by atoms with Gasteiger partial charge in [0.15, 0.2) is 11.5 Å². The number of anilines is 1. The van der Waals surface area contributed by atoms with E-state index < -0.39 is 17.7 Å². The number of carbonyl (C=O) groups is 3. The topological polar surface area (TPSA) is 140 Å². The predicted molar refractivity (Wildman–Crippen MR) is 122 cm³/mol. The zero-order valence-corrected chi connectivity index (χ0v) is 19.6. The molecule has 1 aromatic rings. The molecule has 10 nitrogen and oxygen atoms in total. The molecule has 2 heterocycles. The maximum absolute atomic E-state index is 13.2. The molecule has 1 aliphatic heterocycles. The summed E-state index contributed by atoms with van der Waals surface area (Å²) in [7, 11) is 0. The fraction of sp³-hybridized carbons (Fsp3) is 0.667. The van der Waals surface area contributed by atoms with Gasteiger partial charge in [0.2, 0.25) is 5.91 Å². The average molecular weight is 465 g/mol. The van der Waals surface area contributed by atoms with Crippen molar-refractivity contribution in [3.8, 4) is 0 Å². The zero-order chi connectivity index (χ0) is 23.3. The van der Waals surface area contributed by atoms with Crippen molar-refractivity contribution in [3.05, 3.63) is 18.1 Å². The number of amides is 3. The molecule has 2 aliphatic rings. The first-order valence-electron chi connectivity index (χ1n) is 10.9. The molecule has 1 aliphatic carbocycles. The van der Waals surface area contributed by atoms with Crippen molar-refractivity contribution in [2.75, 3.05) is 23.9 Å². The fourth-order valence-electron chi connectivity index (χ4n) is 3.97. The van der Waals surface area contributed by atoms with Crippen LogP contribution < -0.4 is 16.4 Å². The van der Waals surface area contributed by atoms with E-state index in [1.54, 1.807) is 37.4 Å². The van der Waals surface area contributed by atoms with Crippen LogP contribution in [0, 0.1) is 5.92 Å². The SMILES string of the molecule is CC(C)(C)OC(=O)N[C@H](C(=O)N1CCSC1)[C@H]1CC[C@H](NC(=O)c2nccnc2N)CC1. The van der Waals surface area contributed by atoms with Crippen molar-refractivity contribution in [2.45, 2.75) is 64.1 Å². The quantitative estimate of drug-likeness (QED) is 0.599. The lowest BCUT2D eigenvalue weighted by molar-refractivity contribution is -0.133. The Labute approximate surface area is 192 Å². The van der Waals surface area contributed by atoms with E-state index >= 15 is 0 Å². The van der Waals surface area contributed by atoms with Gasteiger partial charge < -0.3 is 26.0 Å². The number of nitrogens with one attached hydrogen (secondary N) is 2. The highest BCUT2D eigenvalue weighted by Gasteiger charge is 2.37. The Morgan fingerprint density at radius 1 is 1.19 bits per heavy atom. The number of alkyl carbamates (subject to hydrolysis) is 1. The first-order chi connectivity index (χ1) is 15.1. The molecule has 0 unspecified atom stereocenters. The Balaban J connectivity index is 1.61. The van der Waals surface area contributed by atoms with E-state index in [0.717, 1.165) is 5.75 Å². The summed E-state index contributed by atoms with van der Waals surface area (Å²) in [5, 5.41) is 5.78. The van der Waals surface area contributed by atoms with Gasteiger partial charge in [-0.05, 0) is 52.4 Å². The monoisotopic (exact) mass is 464 g/mol. The molecule has 1 saturated carbocycles. The highest BCUT2D eigenvalue weighted by Crippen LogP contribution is 2.29. The number of nitrogen functional groups attached to an aromatic ring is 1. The van der Waals surface area contributed by atoms with Crippen LogP contribution in [0.1, 0.15) is 56.9 Å². The molecule has 3 amide bonds. The van der Waals surface area contributed by atoms with Gasteiger partial charge in [0.1, 0.15) is 11.6 Å². The average Bonchev–Trinajstić information content (AvgIpc) is 3.26. The fourth-order valence-corrected chi connectivity index (χ4v) is 4.93. The summed E-state index contributed by atoms with van der Waals surface area (Å²) in [6, 6.07) is -0.699. The third-order valence-electron chi connectivity index (χ3n) is 5.52. The number of aromatic nitrogens is 2. The van der Waals surface area contributed by atoms with Gasteiger partial charge in [0.25, 0.3) is 5.91 Å². The third-order valence-corrected chi connectivity index (χ3v) is 6.49. The van der Waals surface area contributed by atoms with Crippen molar-refractivity contribution in [1.29, 1.82) is 0 Å². The molecule has 1 aromatic heterocycles. The minimum atomic E-state index is -0.648. The summed E-state index contributed by atoms with van der Waals surface area (Å²) in [4.78, 5) is 47.8. The van der Waals surface area contributed by atoms with Crippen LogP contribution >= 0.6 is 11.8 Å². The van der Waals surface area contributed by atoms with Crippen LogP contribution in [-0.4, -0.2) is 68.6 Å². The summed E-state index contributed by atoms with van der Waals surface area (Å²) >= 11 is 1.70. The van der Waals surface area contributed by atoms with E-state index in [-0.39, 0.29) is 35.3 Å². The number of thioether (sulfide) groups is 1. The number of nitrogens with zero attached hydrogens (tertiary/aromatic N) is 3. The van der Waals surface area contributed by atoms with E-state index in [9.17, 15) is 14.4 Å². The van der Waals surface area contributed by atoms with Crippen LogP contribution in [0.4, 0.5) is 10.6 Å². The number of ether oxygens (including phenoxy) is 1. The number of nitrogens with two attached hydrogens (primary N) is 1. The van der Waals surface area contributed by atoms with Gasteiger partial charge in [0, 0.05) is 30.7 Å². The number of hydrogen-bond acceptors (Lipinski definition) is 8. The number of hydrogen-bond donors (Lipinski definition) is 3. The van der Waals surface area contributed by atoms with Gasteiger partial charge >= 0.3 is 6.09 Å². The van der Waals surface area contributed by atoms with E-state index in [1.165, 1.54) is 12.4 Å². The summed E-state index contributed by atoms with van der Waals surface area (Å²) in [5.41, 5.74) is 5.21. The Bertz CT molecular complexity index is 832. The van der Waals surface area contributed by atoms with E-state index in [2.05, 4.69) is 20.6 Å². The third kappa shape index (κ3) is 6.47. The van der Waals surface area contributed by atoms with Gasteiger partial charge in [-0.2, -0.15) is 0 Å². The summed E-state index contributed by atoms with van der Waals surface area (Å²) < 4.78 is 5.40. The van der Waals surface area contributed by atoms with Gasteiger partial charge in [-0.1, -0.05) is 0 Å². The van der Waals surface area contributed by atoms with Crippen LogP contribution in [0.25, 0.3) is 0 Å². The molecule has 1 atom stereocenters. The lowest BCUT2D eigenvalue weighted by Gasteiger charge is -2.35. The predicted octanol–water partition coefficient (Wildman–Crippen LogP) is 1.77. The minimum Gasteiger partial charge on any atom is -0.444 e. The summed E-state index contributed by atoms with van der Waals surface area (Å²) in [6.07, 6.45) is 5.03. The van der Waals surface area contributed by atoms with Gasteiger partial charge in [-0.3, -0.25) is 9.59 Å². The Morgan fingerprint density at radius 3 is 2.47 bits per heavy atom. The lowest BCUT2D eigenvalue weighted by Crippen LogP contribution is -2.54. The molecule has 32 heavy (non-hydrogen) atoms. The molecule has 0 aromatic carbocycles. The first kappa shape index (κ1) is 24.1. The van der Waals surface area contributed by atoms with Crippen molar-refractivity contribution in [3.63, 3.8) is 0 Å². The molecule has 0 spiro atoms. The lowest BCUT2D eigenvalue weighted by atomic mass is 9.81. The molecule has 176 valence electrons. The van der Waals surface area contributed by atoms with Crippen LogP contribution in [0.15, 0.2) is 12.4 Å². The molecule has 4 N–H and O–H groups in total. The highest BCUT2D eigenvalue weighted by atomic mass is 32.2. The van der Waals surface area contributed by atoms with E-state index in [1.807, 2.05) is 0 Å². The molecule has 0 radical (unpaired) electrons. The second-order valence-corrected chi connectivity index (χ2v) is 10.2. The Hall–Kier alpha value is -2.56. The molecule has 0 bridgehead atoms. The van der Waals surface area contributed by atoms with Gasteiger partial charge in [0.05, 0.1) is 5.88 Å². The molecule has 2 fully saturated rings. The van der Waals surface area contributed by atoms with Crippen LogP contribution in [0.5, 0.6) is 0 Å². The summed E-state index contributed by atoms with van der Waals surface area (Å²) in [5.74, 6) is 1.17. The molecule has 3 rings (SSSR count). The molecular formula is C21H32N6O4S. The van der Waals surface area contributed by atoms with Crippen molar-refractivity contribution in [2.24, 2.45) is 5.92 Å². The van der Waals surface area contributed by atoms with Crippen molar-refractivity contribution < 1.29 is 19.1 Å². The van der Waals surface area contributed by atoms with Crippen molar-refractivity contribution in [1.82, 2.24) is 25.5 Å². The minimum absolute atomic E-state index is 0.0321. The maximum atomic E-state index is 13.2. The zero-order valence-electron chi connectivity index (χ0n) is 18.8. The maximum Gasteiger partial charge on any atom is 0.408 e. The smallest absolute Gasteiger partial charge is 0.408 e. The van der Waals surface area contributed by atoms with Gasteiger partial charge in [-0.25, -0.2) is 14.8 Å². The molecule has 11 heteroatoms. The van der Waals surface area contributed by atoms with Gasteiger partial charge in [-0.15, -0.1) is 11.8 Å². The number of rotatable bonds is 5. The Morgan fingerprint density at radius 2 is 1.88 bits per heavy atom. The first-order valence-corrected chi connectivity index (χ1v) is 12.0. The highest BCUT2D eigenvalue weighted by molar-refractivity contribution is 7.99.